The van der Waals surface area contributed by atoms with Crippen molar-refractivity contribution in [2.45, 2.75) is 19.3 Å². The summed E-state index contributed by atoms with van der Waals surface area (Å²) in [5, 5.41) is 9.56. The van der Waals surface area contributed by atoms with Crippen LogP contribution in [0.4, 0.5) is 0 Å². The zero-order valence-corrected chi connectivity index (χ0v) is 20.5. The maximum absolute atomic E-state index is 2.36. The highest BCUT2D eigenvalue weighted by Crippen LogP contribution is 2.67. The Kier molecular flexibility index (Phi) is 5.98. The Morgan fingerprint density at radius 2 is 0.667 bits per heavy atom. The van der Waals surface area contributed by atoms with Crippen LogP contribution in [-0.2, 0) is 0 Å². The Morgan fingerprint density at radius 1 is 0.394 bits per heavy atom. The highest BCUT2D eigenvalue weighted by molar-refractivity contribution is 7.80. The SMILES string of the molecule is c1ccc(P(C2=C(P(c3ccccc3)c3ccccc3)C3CCC2C3)c2ccccc2)cc1. The van der Waals surface area contributed by atoms with Gasteiger partial charge in [-0.2, -0.15) is 0 Å². The third-order valence-electron chi connectivity index (χ3n) is 7.01. The van der Waals surface area contributed by atoms with Crippen molar-refractivity contribution >= 4 is 37.1 Å². The fraction of sp³-hybridized carbons (Fsp3) is 0.161. The number of allylic oxidation sites excluding steroid dienone is 2. The van der Waals surface area contributed by atoms with Gasteiger partial charge in [0.05, 0.1) is 0 Å². The Hall–Kier alpha value is -2.52. The van der Waals surface area contributed by atoms with Crippen LogP contribution >= 0.6 is 15.8 Å². The van der Waals surface area contributed by atoms with E-state index < -0.39 is 15.8 Å². The first-order valence-corrected chi connectivity index (χ1v) is 14.6. The molecule has 0 amide bonds. The van der Waals surface area contributed by atoms with Crippen molar-refractivity contribution in [3.05, 3.63) is 132 Å². The van der Waals surface area contributed by atoms with Crippen LogP contribution in [0.1, 0.15) is 19.3 Å². The largest absolute Gasteiger partial charge is 0.0622 e. The van der Waals surface area contributed by atoms with Gasteiger partial charge in [0.25, 0.3) is 0 Å². The fourth-order valence-corrected chi connectivity index (χ4v) is 11.9. The van der Waals surface area contributed by atoms with Crippen molar-refractivity contribution in [3.8, 4) is 0 Å². The standard InChI is InChI=1S/C31H28P2/c1-5-13-26(14-6-1)32(27-15-7-2-8-16-27)30-24-21-22-25(23-24)31(30)33(28-17-9-3-10-18-28)29-19-11-4-12-20-29/h1-20,24-25H,21-23H2. The summed E-state index contributed by atoms with van der Waals surface area (Å²) < 4.78 is 0. The van der Waals surface area contributed by atoms with Gasteiger partial charge in [0, 0.05) is 0 Å². The minimum Gasteiger partial charge on any atom is -0.0622 e. The van der Waals surface area contributed by atoms with E-state index in [-0.39, 0.29) is 0 Å². The molecule has 162 valence electrons. The summed E-state index contributed by atoms with van der Waals surface area (Å²) in [5.41, 5.74) is 0. The predicted octanol–water partition coefficient (Wildman–Crippen LogP) is 6.89. The molecule has 4 aromatic carbocycles. The quantitative estimate of drug-likeness (QED) is 0.274. The van der Waals surface area contributed by atoms with Crippen LogP contribution in [0.3, 0.4) is 0 Å². The molecule has 2 heteroatoms. The van der Waals surface area contributed by atoms with Gasteiger partial charge in [0.2, 0.25) is 0 Å². The van der Waals surface area contributed by atoms with Gasteiger partial charge in [-0.15, -0.1) is 0 Å². The third-order valence-corrected chi connectivity index (χ3v) is 12.6. The van der Waals surface area contributed by atoms with Gasteiger partial charge in [-0.25, -0.2) is 0 Å². The zero-order valence-electron chi connectivity index (χ0n) is 18.7. The maximum Gasteiger partial charge on any atom is -0.0142 e. The highest BCUT2D eigenvalue weighted by atomic mass is 31.1. The smallest absolute Gasteiger partial charge is 0.0142 e. The monoisotopic (exact) mass is 462 g/mol. The van der Waals surface area contributed by atoms with Gasteiger partial charge in [-0.05, 0) is 78.8 Å². The molecule has 1 saturated carbocycles. The summed E-state index contributed by atoms with van der Waals surface area (Å²) in [7, 11) is -1.05. The Labute approximate surface area is 199 Å². The first-order chi connectivity index (χ1) is 16.4. The molecule has 0 saturated heterocycles. The molecule has 6 rings (SSSR count). The second kappa shape index (κ2) is 9.38. The molecule has 2 aliphatic rings. The van der Waals surface area contributed by atoms with Crippen LogP contribution in [0.2, 0.25) is 0 Å². The van der Waals surface area contributed by atoms with Crippen LogP contribution in [-0.4, -0.2) is 0 Å². The summed E-state index contributed by atoms with van der Waals surface area (Å²) in [4.78, 5) is 0. The second-order valence-corrected chi connectivity index (χ2v) is 13.4. The summed E-state index contributed by atoms with van der Waals surface area (Å²) >= 11 is 0. The number of benzene rings is 4. The molecule has 0 nitrogen and oxygen atoms in total. The van der Waals surface area contributed by atoms with Gasteiger partial charge in [-0.3, -0.25) is 0 Å². The van der Waals surface area contributed by atoms with Crippen molar-refractivity contribution in [1.82, 2.24) is 0 Å². The van der Waals surface area contributed by atoms with E-state index in [0.717, 1.165) is 11.8 Å². The van der Waals surface area contributed by atoms with Crippen LogP contribution in [0.25, 0.3) is 0 Å². The van der Waals surface area contributed by atoms with Gasteiger partial charge in [-0.1, -0.05) is 121 Å². The number of rotatable bonds is 6. The van der Waals surface area contributed by atoms with Gasteiger partial charge < -0.3 is 0 Å². The van der Waals surface area contributed by atoms with E-state index in [1.165, 1.54) is 40.5 Å². The highest BCUT2D eigenvalue weighted by Gasteiger charge is 2.45. The molecule has 0 aliphatic heterocycles. The molecule has 2 bridgehead atoms. The van der Waals surface area contributed by atoms with Gasteiger partial charge in [0.15, 0.2) is 0 Å². The van der Waals surface area contributed by atoms with Crippen molar-refractivity contribution in [2.24, 2.45) is 11.8 Å². The maximum atomic E-state index is 2.36. The van der Waals surface area contributed by atoms with Crippen molar-refractivity contribution in [2.75, 3.05) is 0 Å². The van der Waals surface area contributed by atoms with E-state index in [0.29, 0.717) is 0 Å². The minimum absolute atomic E-state index is 0.523. The molecular weight excluding hydrogens is 434 g/mol. The number of fused-ring (bicyclic) bond motifs is 2. The average molecular weight is 463 g/mol. The van der Waals surface area contributed by atoms with Crippen molar-refractivity contribution < 1.29 is 0 Å². The van der Waals surface area contributed by atoms with Crippen LogP contribution in [0, 0.1) is 11.8 Å². The first kappa shape index (κ1) is 21.0. The topological polar surface area (TPSA) is 0 Å². The Bertz CT molecular complexity index is 1060. The summed E-state index contributed by atoms with van der Waals surface area (Å²) in [5.74, 6) is 1.46. The van der Waals surface area contributed by atoms with Gasteiger partial charge >= 0.3 is 0 Å². The third kappa shape index (κ3) is 4.01. The summed E-state index contributed by atoms with van der Waals surface area (Å²) in [6.07, 6.45) is 4.06. The average Bonchev–Trinajstić information content (AvgIpc) is 3.50. The van der Waals surface area contributed by atoms with Crippen molar-refractivity contribution in [1.29, 1.82) is 0 Å². The van der Waals surface area contributed by atoms with Crippen LogP contribution in [0.5, 0.6) is 0 Å². The normalized spacial score (nSPS) is 19.6. The van der Waals surface area contributed by atoms with E-state index in [1.807, 2.05) is 0 Å². The minimum atomic E-state index is -0.523. The molecule has 2 atom stereocenters. The lowest BCUT2D eigenvalue weighted by atomic mass is 10.1. The second-order valence-electron chi connectivity index (χ2n) is 8.99. The first-order valence-electron chi connectivity index (χ1n) is 11.9. The number of hydrogen-bond acceptors (Lipinski definition) is 0. The van der Waals surface area contributed by atoms with Crippen LogP contribution < -0.4 is 21.2 Å². The lowest BCUT2D eigenvalue weighted by Gasteiger charge is -2.33. The van der Waals surface area contributed by atoms with Crippen LogP contribution in [0.15, 0.2) is 132 Å². The summed E-state index contributed by atoms with van der Waals surface area (Å²) in [6.45, 7) is 0. The molecule has 1 fully saturated rings. The molecule has 0 aromatic heterocycles. The van der Waals surface area contributed by atoms with Crippen molar-refractivity contribution in [3.63, 3.8) is 0 Å². The predicted molar refractivity (Wildman–Crippen MR) is 146 cm³/mol. The van der Waals surface area contributed by atoms with E-state index in [9.17, 15) is 0 Å². The zero-order chi connectivity index (χ0) is 22.0. The molecule has 2 unspecified atom stereocenters. The molecule has 33 heavy (non-hydrogen) atoms. The Balaban J connectivity index is 1.61. The molecule has 0 heterocycles. The molecular formula is C31H28P2. The molecule has 0 spiro atoms. The van der Waals surface area contributed by atoms with E-state index in [1.54, 1.807) is 10.6 Å². The molecule has 0 radical (unpaired) electrons. The fourth-order valence-electron chi connectivity index (χ4n) is 5.65. The number of hydrogen-bond donors (Lipinski definition) is 0. The molecule has 0 N–H and O–H groups in total. The van der Waals surface area contributed by atoms with E-state index in [4.69, 9.17) is 0 Å². The lowest BCUT2D eigenvalue weighted by molar-refractivity contribution is 0.683. The van der Waals surface area contributed by atoms with E-state index in [2.05, 4.69) is 121 Å². The molecule has 4 aromatic rings. The molecule has 2 aliphatic carbocycles. The van der Waals surface area contributed by atoms with E-state index >= 15 is 0 Å². The Morgan fingerprint density at radius 3 is 0.939 bits per heavy atom. The summed E-state index contributed by atoms with van der Waals surface area (Å²) in [6, 6.07) is 45.3. The lowest BCUT2D eigenvalue weighted by Crippen LogP contribution is -2.20. The van der Waals surface area contributed by atoms with Gasteiger partial charge in [0.1, 0.15) is 0 Å².